The topological polar surface area (TPSA) is 17.0 Å². The van der Waals surface area contributed by atoms with Crippen LogP contribution in [0.2, 0.25) is 0 Å². The molecule has 1 N–H and O–H groups in total. The Balaban J connectivity index is 2.19. The summed E-state index contributed by atoms with van der Waals surface area (Å²) in [4.78, 5) is 0. The van der Waals surface area contributed by atoms with E-state index in [2.05, 4.69) is 68.7 Å². The van der Waals surface area contributed by atoms with Crippen molar-refractivity contribution >= 4 is 37.5 Å². The van der Waals surface area contributed by atoms with Crippen molar-refractivity contribution in [2.24, 2.45) is 7.05 Å². The molecule has 0 saturated heterocycles. The minimum Gasteiger partial charge on any atom is -0.379 e. The van der Waals surface area contributed by atoms with E-state index in [-0.39, 0.29) is 0 Å². The lowest BCUT2D eigenvalue weighted by Crippen LogP contribution is -2.02. The predicted molar refractivity (Wildman–Crippen MR) is 84.1 cm³/mol. The van der Waals surface area contributed by atoms with Crippen molar-refractivity contribution in [3.63, 3.8) is 0 Å². The highest BCUT2D eigenvalue weighted by molar-refractivity contribution is 9.11. The Hall–Kier alpha value is -0.740. The Morgan fingerprint density at radius 2 is 1.78 bits per heavy atom. The maximum Gasteiger partial charge on any atom is 0.0631 e. The number of anilines is 1. The molecule has 2 aromatic rings. The number of nitrogens with zero attached hydrogens (tertiary/aromatic N) is 1. The Labute approximate surface area is 125 Å². The first-order chi connectivity index (χ1) is 8.50. The van der Waals surface area contributed by atoms with Gasteiger partial charge in [-0.25, -0.2) is 0 Å². The van der Waals surface area contributed by atoms with Gasteiger partial charge in [-0.1, -0.05) is 6.07 Å². The number of hydrogen-bond donors (Lipinski definition) is 1. The maximum absolute atomic E-state index is 3.56. The molecule has 4 heteroatoms. The Morgan fingerprint density at radius 1 is 1.17 bits per heavy atom. The third-order valence-corrected chi connectivity index (χ3v) is 4.62. The van der Waals surface area contributed by atoms with E-state index in [1.165, 1.54) is 17.0 Å². The van der Waals surface area contributed by atoms with Crippen LogP contribution in [0, 0.1) is 13.8 Å². The number of para-hydroxylation sites is 1. The van der Waals surface area contributed by atoms with Gasteiger partial charge in [0.05, 0.1) is 5.69 Å². The van der Waals surface area contributed by atoms with Gasteiger partial charge in [0.25, 0.3) is 0 Å². The van der Waals surface area contributed by atoms with Gasteiger partial charge in [0.2, 0.25) is 0 Å². The lowest BCUT2D eigenvalue weighted by Gasteiger charge is -2.10. The van der Waals surface area contributed by atoms with Gasteiger partial charge in [-0.15, -0.1) is 0 Å². The first-order valence-electron chi connectivity index (χ1n) is 5.80. The van der Waals surface area contributed by atoms with Crippen LogP contribution in [-0.2, 0) is 13.6 Å². The average molecular weight is 372 g/mol. The van der Waals surface area contributed by atoms with E-state index in [4.69, 9.17) is 0 Å². The van der Waals surface area contributed by atoms with Crippen LogP contribution in [0.25, 0.3) is 0 Å². The third-order valence-electron chi connectivity index (χ3n) is 3.30. The Bertz CT molecular complexity index is 553. The van der Waals surface area contributed by atoms with E-state index in [0.29, 0.717) is 0 Å². The summed E-state index contributed by atoms with van der Waals surface area (Å²) in [6, 6.07) is 8.32. The Morgan fingerprint density at radius 3 is 2.28 bits per heavy atom. The van der Waals surface area contributed by atoms with Gasteiger partial charge in [-0.2, -0.15) is 0 Å². The second-order valence-corrected chi connectivity index (χ2v) is 6.11. The molecule has 0 saturated carbocycles. The molecule has 0 amide bonds. The first-order valence-corrected chi connectivity index (χ1v) is 7.39. The molecule has 0 aliphatic carbocycles. The second kappa shape index (κ2) is 5.49. The minimum absolute atomic E-state index is 0.828. The zero-order chi connectivity index (χ0) is 13.3. The predicted octanol–water partition coefficient (Wildman–Crippen LogP) is 4.78. The molecule has 0 unspecified atom stereocenters. The number of rotatable bonds is 3. The monoisotopic (exact) mass is 370 g/mol. The minimum atomic E-state index is 0.828. The van der Waals surface area contributed by atoms with Crippen molar-refractivity contribution in [2.45, 2.75) is 20.4 Å². The lowest BCUT2D eigenvalue weighted by atomic mass is 10.2. The van der Waals surface area contributed by atoms with Gasteiger partial charge >= 0.3 is 0 Å². The van der Waals surface area contributed by atoms with E-state index in [1.807, 2.05) is 18.2 Å². The second-order valence-electron chi connectivity index (χ2n) is 4.41. The molecule has 1 aromatic heterocycles. The zero-order valence-electron chi connectivity index (χ0n) is 10.7. The quantitative estimate of drug-likeness (QED) is 0.821. The van der Waals surface area contributed by atoms with E-state index in [9.17, 15) is 0 Å². The summed E-state index contributed by atoms with van der Waals surface area (Å²) in [5.74, 6) is 0. The van der Waals surface area contributed by atoms with Gasteiger partial charge in [-0.05, 0) is 69.5 Å². The molecule has 1 aromatic carbocycles. The zero-order valence-corrected chi connectivity index (χ0v) is 13.9. The summed E-state index contributed by atoms with van der Waals surface area (Å²) in [5, 5.41) is 3.47. The molecule has 1 heterocycles. The number of aryl methyl sites for hydroxylation is 1. The standard InChI is InChI=1S/C14H16Br2N2/c1-9-7-11(10(2)18(9)3)8-17-14-12(15)5-4-6-13(14)16/h4-7,17H,8H2,1-3H3. The normalized spacial score (nSPS) is 10.7. The fourth-order valence-electron chi connectivity index (χ4n) is 1.96. The van der Waals surface area contributed by atoms with Gasteiger partial charge in [-0.3, -0.25) is 0 Å². The van der Waals surface area contributed by atoms with Crippen molar-refractivity contribution < 1.29 is 0 Å². The number of benzene rings is 1. The molecule has 0 radical (unpaired) electrons. The van der Waals surface area contributed by atoms with Crippen molar-refractivity contribution in [1.82, 2.24) is 4.57 Å². The average Bonchev–Trinajstić information content (AvgIpc) is 2.56. The van der Waals surface area contributed by atoms with Gasteiger partial charge < -0.3 is 9.88 Å². The smallest absolute Gasteiger partial charge is 0.0631 e. The van der Waals surface area contributed by atoms with E-state index in [0.717, 1.165) is 21.2 Å². The highest BCUT2D eigenvalue weighted by Gasteiger charge is 2.08. The van der Waals surface area contributed by atoms with E-state index >= 15 is 0 Å². The van der Waals surface area contributed by atoms with Crippen LogP contribution in [0.15, 0.2) is 33.2 Å². The fourth-order valence-corrected chi connectivity index (χ4v) is 3.24. The van der Waals surface area contributed by atoms with Gasteiger partial charge in [0.1, 0.15) is 0 Å². The third kappa shape index (κ3) is 2.64. The largest absolute Gasteiger partial charge is 0.379 e. The van der Waals surface area contributed by atoms with Gasteiger partial charge in [0.15, 0.2) is 0 Å². The maximum atomic E-state index is 3.56. The molecule has 0 aliphatic heterocycles. The highest BCUT2D eigenvalue weighted by Crippen LogP contribution is 2.31. The summed E-state index contributed by atoms with van der Waals surface area (Å²) in [5.41, 5.74) is 5.02. The van der Waals surface area contributed by atoms with E-state index < -0.39 is 0 Å². The molecule has 96 valence electrons. The van der Waals surface area contributed by atoms with E-state index in [1.54, 1.807) is 0 Å². The molecular weight excluding hydrogens is 356 g/mol. The van der Waals surface area contributed by atoms with Crippen LogP contribution in [0.3, 0.4) is 0 Å². The molecule has 0 bridgehead atoms. The summed E-state index contributed by atoms with van der Waals surface area (Å²) in [6.07, 6.45) is 0. The summed E-state index contributed by atoms with van der Waals surface area (Å²) < 4.78 is 4.36. The summed E-state index contributed by atoms with van der Waals surface area (Å²) in [6.45, 7) is 5.11. The van der Waals surface area contributed by atoms with Crippen molar-refractivity contribution in [3.8, 4) is 0 Å². The number of hydrogen-bond acceptors (Lipinski definition) is 1. The van der Waals surface area contributed by atoms with Crippen LogP contribution < -0.4 is 5.32 Å². The molecule has 0 fully saturated rings. The number of aromatic nitrogens is 1. The van der Waals surface area contributed by atoms with Crippen LogP contribution in [-0.4, -0.2) is 4.57 Å². The van der Waals surface area contributed by atoms with Crippen LogP contribution in [0.5, 0.6) is 0 Å². The molecule has 18 heavy (non-hydrogen) atoms. The van der Waals surface area contributed by atoms with Crippen LogP contribution in [0.1, 0.15) is 17.0 Å². The van der Waals surface area contributed by atoms with Crippen molar-refractivity contribution in [2.75, 3.05) is 5.32 Å². The fraction of sp³-hybridized carbons (Fsp3) is 0.286. The van der Waals surface area contributed by atoms with Crippen LogP contribution in [0.4, 0.5) is 5.69 Å². The van der Waals surface area contributed by atoms with Crippen molar-refractivity contribution in [1.29, 1.82) is 0 Å². The SMILES string of the molecule is Cc1cc(CNc2c(Br)cccc2Br)c(C)n1C. The summed E-state index contributed by atoms with van der Waals surface area (Å²) >= 11 is 7.12. The molecule has 2 rings (SSSR count). The van der Waals surface area contributed by atoms with Crippen molar-refractivity contribution in [3.05, 3.63) is 50.2 Å². The highest BCUT2D eigenvalue weighted by atomic mass is 79.9. The lowest BCUT2D eigenvalue weighted by molar-refractivity contribution is 0.837. The molecular formula is C14H16Br2N2. The number of halogens is 2. The molecule has 2 nitrogen and oxygen atoms in total. The van der Waals surface area contributed by atoms with Gasteiger partial charge in [0, 0.05) is 33.9 Å². The number of nitrogens with one attached hydrogen (secondary N) is 1. The molecule has 0 atom stereocenters. The Kier molecular flexibility index (Phi) is 4.17. The first kappa shape index (κ1) is 13.7. The molecule has 0 spiro atoms. The molecule has 0 aliphatic rings. The summed E-state index contributed by atoms with van der Waals surface area (Å²) in [7, 11) is 2.10. The van der Waals surface area contributed by atoms with Crippen LogP contribution >= 0.6 is 31.9 Å².